The fourth-order valence-corrected chi connectivity index (χ4v) is 1.99. The van der Waals surface area contributed by atoms with E-state index in [1.54, 1.807) is 19.1 Å². The minimum absolute atomic E-state index is 0.000487. The van der Waals surface area contributed by atoms with Crippen LogP contribution in [0.4, 0.5) is 5.69 Å². The van der Waals surface area contributed by atoms with Gasteiger partial charge in [0.25, 0.3) is 5.69 Å². The first-order valence-electron chi connectivity index (χ1n) is 6.39. The Balaban J connectivity index is 2.31. The van der Waals surface area contributed by atoms with E-state index >= 15 is 0 Å². The van der Waals surface area contributed by atoms with E-state index in [0.717, 1.165) is 0 Å². The molecule has 0 spiro atoms. The number of carbonyl (C=O) groups is 1. The zero-order valence-electron chi connectivity index (χ0n) is 11.4. The maximum absolute atomic E-state index is 11.0. The van der Waals surface area contributed by atoms with E-state index in [1.165, 1.54) is 18.3 Å². The number of pyridine rings is 1. The monoisotopic (exact) mass is 290 g/mol. The summed E-state index contributed by atoms with van der Waals surface area (Å²) in [6.07, 6.45) is 1.55. The average Bonchev–Trinajstić information content (AvgIpc) is 2.45. The molecular formula is C14H14N2O5. The Kier molecular flexibility index (Phi) is 4.32. The van der Waals surface area contributed by atoms with Gasteiger partial charge in [-0.15, -0.1) is 0 Å². The molecule has 1 aromatic heterocycles. The van der Waals surface area contributed by atoms with Crippen molar-refractivity contribution in [1.82, 2.24) is 4.98 Å². The molecule has 0 saturated carbocycles. The van der Waals surface area contributed by atoms with Crippen LogP contribution < -0.4 is 4.74 Å². The number of benzene rings is 1. The smallest absolute Gasteiger partial charge is 0.303 e. The fourth-order valence-electron chi connectivity index (χ4n) is 1.99. The number of aliphatic carboxylic acids is 1. The van der Waals surface area contributed by atoms with Crippen molar-refractivity contribution in [2.24, 2.45) is 0 Å². The number of carboxylic acids is 1. The Morgan fingerprint density at radius 3 is 2.90 bits per heavy atom. The summed E-state index contributed by atoms with van der Waals surface area (Å²) in [5.74, 6) is -0.480. The molecular weight excluding hydrogens is 276 g/mol. The van der Waals surface area contributed by atoms with Crippen molar-refractivity contribution in [1.29, 1.82) is 0 Å². The molecule has 0 amide bonds. The summed E-state index contributed by atoms with van der Waals surface area (Å²) in [5, 5.41) is 20.0. The van der Waals surface area contributed by atoms with E-state index in [9.17, 15) is 14.9 Å². The summed E-state index contributed by atoms with van der Waals surface area (Å²) in [5.41, 5.74) is 0.359. The summed E-state index contributed by atoms with van der Waals surface area (Å²) in [6, 6.07) is 6.08. The Bertz CT molecular complexity index is 686. The highest BCUT2D eigenvalue weighted by Crippen LogP contribution is 2.31. The number of hydrogen-bond donors (Lipinski definition) is 1. The molecule has 7 nitrogen and oxygen atoms in total. The van der Waals surface area contributed by atoms with Crippen LogP contribution in [-0.2, 0) is 4.79 Å². The Morgan fingerprint density at radius 2 is 2.24 bits per heavy atom. The van der Waals surface area contributed by atoms with Crippen LogP contribution in [0.3, 0.4) is 0 Å². The van der Waals surface area contributed by atoms with Crippen molar-refractivity contribution in [3.05, 3.63) is 40.6 Å². The summed E-state index contributed by atoms with van der Waals surface area (Å²) in [7, 11) is 0. The Labute approximate surface area is 120 Å². The number of carboxylic acid groups (broad SMARTS) is 1. The number of nitro benzene ring substituents is 1. The van der Waals surface area contributed by atoms with Crippen LogP contribution in [0.2, 0.25) is 0 Å². The molecule has 0 bridgehead atoms. The quantitative estimate of drug-likeness (QED) is 0.648. The van der Waals surface area contributed by atoms with Crippen LogP contribution in [0.15, 0.2) is 30.5 Å². The van der Waals surface area contributed by atoms with Crippen molar-refractivity contribution in [3.63, 3.8) is 0 Å². The molecule has 21 heavy (non-hydrogen) atoms. The minimum Gasteiger partial charge on any atom is -0.488 e. The third kappa shape index (κ3) is 3.44. The Hall–Kier alpha value is -2.70. The summed E-state index contributed by atoms with van der Waals surface area (Å²) >= 11 is 0. The third-order valence-corrected chi connectivity index (χ3v) is 3.00. The van der Waals surface area contributed by atoms with E-state index in [1.807, 2.05) is 0 Å². The second-order valence-corrected chi connectivity index (χ2v) is 4.60. The number of non-ortho nitro benzene ring substituents is 1. The highest BCUT2D eigenvalue weighted by Gasteiger charge is 2.17. The van der Waals surface area contributed by atoms with Gasteiger partial charge in [0.2, 0.25) is 0 Å². The third-order valence-electron chi connectivity index (χ3n) is 3.00. The first kappa shape index (κ1) is 14.7. The van der Waals surface area contributed by atoms with Gasteiger partial charge in [0.15, 0.2) is 0 Å². The molecule has 1 N–H and O–H groups in total. The lowest BCUT2D eigenvalue weighted by molar-refractivity contribution is -0.383. The number of aromatic nitrogens is 1. The van der Waals surface area contributed by atoms with Gasteiger partial charge in [-0.05, 0) is 31.5 Å². The molecule has 2 aromatic rings. The topological polar surface area (TPSA) is 103 Å². The van der Waals surface area contributed by atoms with Gasteiger partial charge in [-0.3, -0.25) is 19.9 Å². The predicted molar refractivity (Wildman–Crippen MR) is 75.4 cm³/mol. The number of nitro groups is 1. The molecule has 0 aliphatic carbocycles. The molecule has 1 heterocycles. The molecule has 1 aromatic carbocycles. The number of hydrogen-bond acceptors (Lipinski definition) is 5. The lowest BCUT2D eigenvalue weighted by Crippen LogP contribution is -2.14. The fraction of sp³-hybridized carbons (Fsp3) is 0.286. The zero-order valence-corrected chi connectivity index (χ0v) is 11.4. The maximum atomic E-state index is 11.0. The molecule has 7 heteroatoms. The van der Waals surface area contributed by atoms with Crippen LogP contribution >= 0.6 is 0 Å². The number of rotatable bonds is 6. The lowest BCUT2D eigenvalue weighted by atomic mass is 10.1. The molecule has 0 aliphatic heterocycles. The standard InChI is InChI=1S/C14H14N2O5/c1-9(4-7-13(17)18)21-12-6-5-11(16(19)20)10-3-2-8-15-14(10)12/h2-3,5-6,8-9H,4,7H2,1H3,(H,17,18). The second-order valence-electron chi connectivity index (χ2n) is 4.60. The van der Waals surface area contributed by atoms with Gasteiger partial charge in [0.1, 0.15) is 11.3 Å². The molecule has 0 saturated heterocycles. The largest absolute Gasteiger partial charge is 0.488 e. The van der Waals surface area contributed by atoms with E-state index < -0.39 is 10.9 Å². The van der Waals surface area contributed by atoms with Crippen LogP contribution in [-0.4, -0.2) is 27.1 Å². The first-order chi connectivity index (χ1) is 9.99. The van der Waals surface area contributed by atoms with Crippen molar-refractivity contribution >= 4 is 22.6 Å². The SMILES string of the molecule is CC(CCC(=O)O)Oc1ccc([N+](=O)[O-])c2cccnc12. The molecule has 1 unspecified atom stereocenters. The van der Waals surface area contributed by atoms with Gasteiger partial charge >= 0.3 is 5.97 Å². The van der Waals surface area contributed by atoms with E-state index in [-0.39, 0.29) is 18.2 Å². The average molecular weight is 290 g/mol. The summed E-state index contributed by atoms with van der Waals surface area (Å²) in [6.45, 7) is 1.75. The molecule has 1 atom stereocenters. The number of nitrogens with zero attached hydrogens (tertiary/aromatic N) is 2. The lowest BCUT2D eigenvalue weighted by Gasteiger charge is -2.15. The highest BCUT2D eigenvalue weighted by atomic mass is 16.6. The van der Waals surface area contributed by atoms with Crippen molar-refractivity contribution < 1.29 is 19.6 Å². The molecule has 0 aliphatic rings. The molecule has 110 valence electrons. The summed E-state index contributed by atoms with van der Waals surface area (Å²) < 4.78 is 5.66. The van der Waals surface area contributed by atoms with Crippen molar-refractivity contribution in [2.45, 2.75) is 25.9 Å². The number of fused-ring (bicyclic) bond motifs is 1. The van der Waals surface area contributed by atoms with Crippen molar-refractivity contribution in [3.8, 4) is 5.75 Å². The van der Waals surface area contributed by atoms with E-state index in [4.69, 9.17) is 9.84 Å². The maximum Gasteiger partial charge on any atom is 0.303 e. The van der Waals surface area contributed by atoms with Gasteiger partial charge in [-0.25, -0.2) is 0 Å². The number of ether oxygens (including phenoxy) is 1. The predicted octanol–water partition coefficient (Wildman–Crippen LogP) is 2.78. The molecule has 0 fully saturated rings. The second kappa shape index (κ2) is 6.17. The first-order valence-corrected chi connectivity index (χ1v) is 6.39. The Morgan fingerprint density at radius 1 is 1.48 bits per heavy atom. The van der Waals surface area contributed by atoms with Gasteiger partial charge in [0, 0.05) is 18.7 Å². The molecule has 0 radical (unpaired) electrons. The minimum atomic E-state index is -0.892. The van der Waals surface area contributed by atoms with Gasteiger partial charge in [-0.1, -0.05) is 0 Å². The van der Waals surface area contributed by atoms with Crippen LogP contribution in [0.5, 0.6) is 5.75 Å². The summed E-state index contributed by atoms with van der Waals surface area (Å²) in [4.78, 5) is 25.2. The van der Waals surface area contributed by atoms with Crippen LogP contribution in [0.1, 0.15) is 19.8 Å². The normalized spacial score (nSPS) is 12.0. The molecule has 2 rings (SSSR count). The van der Waals surface area contributed by atoms with Gasteiger partial charge in [-0.2, -0.15) is 0 Å². The highest BCUT2D eigenvalue weighted by molar-refractivity contribution is 5.92. The van der Waals surface area contributed by atoms with E-state index in [0.29, 0.717) is 23.1 Å². The van der Waals surface area contributed by atoms with Crippen LogP contribution in [0, 0.1) is 10.1 Å². The van der Waals surface area contributed by atoms with Crippen molar-refractivity contribution in [2.75, 3.05) is 0 Å². The van der Waals surface area contributed by atoms with Crippen LogP contribution in [0.25, 0.3) is 10.9 Å². The van der Waals surface area contributed by atoms with E-state index in [2.05, 4.69) is 4.98 Å². The van der Waals surface area contributed by atoms with Gasteiger partial charge < -0.3 is 9.84 Å². The zero-order chi connectivity index (χ0) is 15.4. The van der Waals surface area contributed by atoms with Gasteiger partial charge in [0.05, 0.1) is 16.4 Å².